The smallest absolute Gasteiger partial charge is 0.264 e. The molecule has 6 heteroatoms. The van der Waals surface area contributed by atoms with Gasteiger partial charge in [-0.15, -0.1) is 11.3 Å². The minimum absolute atomic E-state index is 0.165. The van der Waals surface area contributed by atoms with Crippen molar-refractivity contribution in [2.45, 2.75) is 19.4 Å². The molecule has 0 aliphatic heterocycles. The van der Waals surface area contributed by atoms with E-state index in [1.807, 2.05) is 32.0 Å². The van der Waals surface area contributed by atoms with E-state index >= 15 is 0 Å². The summed E-state index contributed by atoms with van der Waals surface area (Å²) in [6, 6.07) is 5.82. The molecule has 2 aromatic rings. The van der Waals surface area contributed by atoms with Crippen molar-refractivity contribution in [2.24, 2.45) is 0 Å². The number of hydrogen-bond donors (Lipinski definition) is 2. The van der Waals surface area contributed by atoms with Gasteiger partial charge in [-0.1, -0.05) is 15.9 Å². The van der Waals surface area contributed by atoms with Crippen molar-refractivity contribution in [2.75, 3.05) is 19.5 Å². The van der Waals surface area contributed by atoms with Gasteiger partial charge in [0.15, 0.2) is 0 Å². The first-order chi connectivity index (χ1) is 9.34. The number of nitrogen functional groups attached to an aromatic ring is 1. The quantitative estimate of drug-likeness (QED) is 0.882. The minimum atomic E-state index is -0.435. The number of methoxy groups -OCH3 is 1. The van der Waals surface area contributed by atoms with Gasteiger partial charge < -0.3 is 15.8 Å². The Morgan fingerprint density at radius 2 is 2.20 bits per heavy atom. The first kappa shape index (κ1) is 15.3. The van der Waals surface area contributed by atoms with E-state index in [1.165, 1.54) is 11.3 Å². The maximum atomic E-state index is 12.4. The van der Waals surface area contributed by atoms with Crippen LogP contribution in [0.1, 0.15) is 23.5 Å². The van der Waals surface area contributed by atoms with Crippen LogP contribution in [0.5, 0.6) is 0 Å². The molecule has 1 amide bonds. The van der Waals surface area contributed by atoms with Crippen molar-refractivity contribution in [3.05, 3.63) is 27.5 Å². The van der Waals surface area contributed by atoms with Gasteiger partial charge in [-0.05, 0) is 32.0 Å². The van der Waals surface area contributed by atoms with Crippen LogP contribution in [0.2, 0.25) is 0 Å². The molecule has 0 spiro atoms. The Labute approximate surface area is 130 Å². The molecule has 0 aliphatic carbocycles. The Morgan fingerprint density at radius 3 is 2.85 bits per heavy atom. The van der Waals surface area contributed by atoms with Crippen LogP contribution in [0.3, 0.4) is 0 Å². The van der Waals surface area contributed by atoms with E-state index in [0.29, 0.717) is 17.2 Å². The number of halogens is 1. The molecule has 4 nitrogen and oxygen atoms in total. The van der Waals surface area contributed by atoms with Crippen LogP contribution < -0.4 is 11.1 Å². The number of rotatable bonds is 4. The van der Waals surface area contributed by atoms with E-state index in [-0.39, 0.29) is 5.91 Å². The summed E-state index contributed by atoms with van der Waals surface area (Å²) in [6.07, 6.45) is 0. The summed E-state index contributed by atoms with van der Waals surface area (Å²) < 4.78 is 7.05. The molecule has 0 aliphatic rings. The number of nitrogens with two attached hydrogens (primary N) is 1. The lowest BCUT2D eigenvalue weighted by molar-refractivity contribution is 0.0824. The number of fused-ring (bicyclic) bond motifs is 1. The molecule has 0 radical (unpaired) electrons. The standard InChI is InChI=1S/C14H17BrN2O2S/c1-14(2,7-19-3)17-13(18)12-11(16)9-6-8(15)4-5-10(9)20-12/h4-6H,7,16H2,1-3H3,(H,17,18). The van der Waals surface area contributed by atoms with E-state index in [9.17, 15) is 4.79 Å². The Morgan fingerprint density at radius 1 is 1.50 bits per heavy atom. The van der Waals surface area contributed by atoms with Crippen LogP contribution >= 0.6 is 27.3 Å². The molecule has 1 aromatic heterocycles. The molecule has 3 N–H and O–H groups in total. The topological polar surface area (TPSA) is 64.3 Å². The predicted octanol–water partition coefficient (Wildman–Crippen LogP) is 3.40. The van der Waals surface area contributed by atoms with E-state index in [4.69, 9.17) is 10.5 Å². The second-order valence-electron chi connectivity index (χ2n) is 5.26. The number of thiophene rings is 1. The normalized spacial score (nSPS) is 11.8. The van der Waals surface area contributed by atoms with Gasteiger partial charge in [-0.25, -0.2) is 0 Å². The van der Waals surface area contributed by atoms with Crippen molar-refractivity contribution in [3.63, 3.8) is 0 Å². The van der Waals surface area contributed by atoms with Crippen LogP contribution in [0.4, 0.5) is 5.69 Å². The number of nitrogens with one attached hydrogen (secondary N) is 1. The van der Waals surface area contributed by atoms with Gasteiger partial charge in [0.1, 0.15) is 4.88 Å². The highest BCUT2D eigenvalue weighted by molar-refractivity contribution is 9.10. The molecule has 0 saturated heterocycles. The third-order valence-corrected chi connectivity index (χ3v) is 4.53. The third-order valence-electron chi connectivity index (χ3n) is 2.85. The minimum Gasteiger partial charge on any atom is -0.397 e. The molecular weight excluding hydrogens is 340 g/mol. The summed E-state index contributed by atoms with van der Waals surface area (Å²) in [7, 11) is 1.61. The zero-order valence-corrected chi connectivity index (χ0v) is 14.0. The molecule has 1 heterocycles. The zero-order valence-electron chi connectivity index (χ0n) is 11.6. The molecule has 0 atom stereocenters. The third kappa shape index (κ3) is 3.13. The summed E-state index contributed by atoms with van der Waals surface area (Å²) in [5.41, 5.74) is 6.19. The Balaban J connectivity index is 2.33. The molecule has 108 valence electrons. The fourth-order valence-corrected chi connectivity index (χ4v) is 3.38. The van der Waals surface area contributed by atoms with Crippen LogP contribution in [-0.2, 0) is 4.74 Å². The number of ether oxygens (including phenoxy) is 1. The molecule has 1 aromatic carbocycles. The second kappa shape index (κ2) is 5.71. The average Bonchev–Trinajstić information content (AvgIpc) is 2.66. The molecule has 0 unspecified atom stereocenters. The Bertz CT molecular complexity index is 652. The van der Waals surface area contributed by atoms with Crippen molar-refractivity contribution < 1.29 is 9.53 Å². The fourth-order valence-electron chi connectivity index (χ4n) is 2.02. The SMILES string of the molecule is COCC(C)(C)NC(=O)c1sc2ccc(Br)cc2c1N. The van der Waals surface area contributed by atoms with Gasteiger partial charge in [0, 0.05) is 21.7 Å². The molecule has 0 bridgehead atoms. The lowest BCUT2D eigenvalue weighted by Gasteiger charge is -2.24. The number of hydrogen-bond acceptors (Lipinski definition) is 4. The summed E-state index contributed by atoms with van der Waals surface area (Å²) in [5, 5.41) is 3.85. The average molecular weight is 357 g/mol. The van der Waals surface area contributed by atoms with Gasteiger partial charge in [0.25, 0.3) is 5.91 Å². The largest absolute Gasteiger partial charge is 0.397 e. The van der Waals surface area contributed by atoms with Crippen molar-refractivity contribution in [3.8, 4) is 0 Å². The number of carbonyl (C=O) groups excluding carboxylic acids is 1. The summed E-state index contributed by atoms with van der Waals surface area (Å²) in [5.74, 6) is -0.165. The fraction of sp³-hybridized carbons (Fsp3) is 0.357. The first-order valence-electron chi connectivity index (χ1n) is 6.13. The predicted molar refractivity (Wildman–Crippen MR) is 87.4 cm³/mol. The van der Waals surface area contributed by atoms with Gasteiger partial charge in [0.05, 0.1) is 17.8 Å². The van der Waals surface area contributed by atoms with Crippen LogP contribution in [-0.4, -0.2) is 25.2 Å². The molecular formula is C14H17BrN2O2S. The zero-order chi connectivity index (χ0) is 14.9. The Hall–Kier alpha value is -1.11. The van der Waals surface area contributed by atoms with E-state index in [0.717, 1.165) is 14.6 Å². The summed E-state index contributed by atoms with van der Waals surface area (Å²) in [6.45, 7) is 4.26. The van der Waals surface area contributed by atoms with Crippen LogP contribution in [0.15, 0.2) is 22.7 Å². The second-order valence-corrected chi connectivity index (χ2v) is 7.22. The summed E-state index contributed by atoms with van der Waals surface area (Å²) in [4.78, 5) is 12.9. The number of anilines is 1. The van der Waals surface area contributed by atoms with Gasteiger partial charge >= 0.3 is 0 Å². The van der Waals surface area contributed by atoms with Crippen LogP contribution in [0, 0.1) is 0 Å². The molecule has 2 rings (SSSR count). The first-order valence-corrected chi connectivity index (χ1v) is 7.74. The van der Waals surface area contributed by atoms with Crippen molar-refractivity contribution >= 4 is 48.9 Å². The molecule has 0 saturated carbocycles. The van der Waals surface area contributed by atoms with E-state index in [1.54, 1.807) is 7.11 Å². The van der Waals surface area contributed by atoms with E-state index in [2.05, 4.69) is 21.2 Å². The van der Waals surface area contributed by atoms with Gasteiger partial charge in [0.2, 0.25) is 0 Å². The lowest BCUT2D eigenvalue weighted by atomic mass is 10.1. The summed E-state index contributed by atoms with van der Waals surface area (Å²) >= 11 is 4.82. The van der Waals surface area contributed by atoms with Crippen molar-refractivity contribution in [1.82, 2.24) is 5.32 Å². The molecule has 20 heavy (non-hydrogen) atoms. The van der Waals surface area contributed by atoms with Crippen LogP contribution in [0.25, 0.3) is 10.1 Å². The highest BCUT2D eigenvalue weighted by atomic mass is 79.9. The monoisotopic (exact) mass is 356 g/mol. The van der Waals surface area contributed by atoms with Crippen molar-refractivity contribution in [1.29, 1.82) is 0 Å². The maximum absolute atomic E-state index is 12.4. The number of benzene rings is 1. The highest BCUT2D eigenvalue weighted by Gasteiger charge is 2.24. The van der Waals surface area contributed by atoms with Gasteiger partial charge in [-0.3, -0.25) is 4.79 Å². The maximum Gasteiger partial charge on any atom is 0.264 e. The number of amides is 1. The lowest BCUT2D eigenvalue weighted by Crippen LogP contribution is -2.46. The van der Waals surface area contributed by atoms with E-state index < -0.39 is 5.54 Å². The highest BCUT2D eigenvalue weighted by Crippen LogP contribution is 2.35. The number of carbonyl (C=O) groups is 1. The molecule has 0 fully saturated rings. The Kier molecular flexibility index (Phi) is 4.36. The van der Waals surface area contributed by atoms with Gasteiger partial charge in [-0.2, -0.15) is 0 Å².